The lowest BCUT2D eigenvalue weighted by Crippen LogP contribution is -2.15. The second kappa shape index (κ2) is 18.4. The minimum absolute atomic E-state index is 0.0901. The molecule has 2 aromatic carbocycles. The maximum absolute atomic E-state index is 13.7. The summed E-state index contributed by atoms with van der Waals surface area (Å²) in [4.78, 5) is 24.5. The molecule has 0 atom stereocenters. The summed E-state index contributed by atoms with van der Waals surface area (Å²) < 4.78 is 14.0. The topological polar surface area (TPSA) is 86.9 Å². The molecule has 6 nitrogen and oxygen atoms in total. The molecule has 2 amide bonds. The fourth-order valence-corrected chi connectivity index (χ4v) is 4.65. The first-order chi connectivity index (χ1) is 19.3. The molecule has 0 spiro atoms. The monoisotopic (exact) mass is 614 g/mol. The summed E-state index contributed by atoms with van der Waals surface area (Å²) in [6.07, 6.45) is 14.4. The van der Waals surface area contributed by atoms with Crippen LogP contribution >= 0.6 is 15.9 Å². The van der Waals surface area contributed by atoms with Crippen molar-refractivity contribution in [2.75, 3.05) is 10.6 Å². The second-order valence-electron chi connectivity index (χ2n) is 10.3. The Balaban J connectivity index is 0.000000327. The van der Waals surface area contributed by atoms with Crippen molar-refractivity contribution in [3.63, 3.8) is 0 Å². The van der Waals surface area contributed by atoms with E-state index in [1.54, 1.807) is 18.2 Å². The Morgan fingerprint density at radius 2 is 1.55 bits per heavy atom. The molecule has 0 bridgehead atoms. The first kappa shape index (κ1) is 33.2. The first-order valence-electron chi connectivity index (χ1n) is 14.4. The van der Waals surface area contributed by atoms with Crippen LogP contribution in [0, 0.1) is 18.7 Å². The molecule has 3 N–H and O–H groups in total. The van der Waals surface area contributed by atoms with E-state index < -0.39 is 17.6 Å². The molecule has 4 rings (SSSR count). The molecule has 1 aliphatic rings. The van der Waals surface area contributed by atoms with Gasteiger partial charge in [0.1, 0.15) is 11.5 Å². The number of aromatic amines is 1. The van der Waals surface area contributed by atoms with E-state index in [-0.39, 0.29) is 21.5 Å². The predicted octanol–water partition coefficient (Wildman–Crippen LogP) is 9.69. The fraction of sp³-hybridized carbons (Fsp3) is 0.469. The van der Waals surface area contributed by atoms with Crippen molar-refractivity contribution in [1.29, 1.82) is 0 Å². The van der Waals surface area contributed by atoms with E-state index in [1.807, 2.05) is 19.1 Å². The summed E-state index contributed by atoms with van der Waals surface area (Å²) in [5.74, 6) is -0.615. The number of aryl methyl sites for hydroxylation is 1. The highest BCUT2D eigenvalue weighted by Crippen LogP contribution is 2.25. The second-order valence-corrected chi connectivity index (χ2v) is 11.1. The number of amides is 2. The van der Waals surface area contributed by atoms with E-state index in [9.17, 15) is 14.0 Å². The summed E-state index contributed by atoms with van der Waals surface area (Å²) in [5, 5.41) is 11.6. The number of nitrogens with zero attached hydrogens (tertiary/aromatic N) is 1. The quantitative estimate of drug-likeness (QED) is 0.221. The summed E-state index contributed by atoms with van der Waals surface area (Å²) in [6, 6.07) is 12.9. The molecule has 218 valence electrons. The van der Waals surface area contributed by atoms with Crippen molar-refractivity contribution < 1.29 is 14.0 Å². The number of carbonyl (C=O) groups is 2. The normalized spacial score (nSPS) is 12.8. The summed E-state index contributed by atoms with van der Waals surface area (Å²) >= 11 is 3.23. The lowest BCUT2D eigenvalue weighted by Gasteiger charge is -2.15. The predicted molar refractivity (Wildman–Crippen MR) is 166 cm³/mol. The highest BCUT2D eigenvalue weighted by molar-refractivity contribution is 9.10. The van der Waals surface area contributed by atoms with Gasteiger partial charge in [-0.3, -0.25) is 14.7 Å². The zero-order chi connectivity index (χ0) is 29.3. The van der Waals surface area contributed by atoms with Gasteiger partial charge in [0.15, 0.2) is 5.82 Å². The molecule has 0 unspecified atom stereocenters. The number of benzene rings is 2. The smallest absolute Gasteiger partial charge is 0.274 e. The molecule has 1 aromatic heterocycles. The van der Waals surface area contributed by atoms with Gasteiger partial charge in [-0.2, -0.15) is 5.10 Å². The van der Waals surface area contributed by atoms with Gasteiger partial charge in [-0.25, -0.2) is 4.39 Å². The highest BCUT2D eigenvalue weighted by atomic mass is 79.9. The van der Waals surface area contributed by atoms with E-state index in [4.69, 9.17) is 0 Å². The van der Waals surface area contributed by atoms with Crippen molar-refractivity contribution >= 4 is 39.2 Å². The highest BCUT2D eigenvalue weighted by Gasteiger charge is 2.20. The summed E-state index contributed by atoms with van der Waals surface area (Å²) in [5.41, 5.74) is 1.71. The molecule has 0 radical (unpaired) electrons. The van der Waals surface area contributed by atoms with Crippen LogP contribution in [-0.4, -0.2) is 22.0 Å². The van der Waals surface area contributed by atoms with Crippen LogP contribution in [0.2, 0.25) is 0 Å². The average Bonchev–Trinajstić information content (AvgIpc) is 3.31. The summed E-state index contributed by atoms with van der Waals surface area (Å²) in [6.45, 7) is 8.80. The number of carbonyl (C=O) groups excluding carboxylic acids is 2. The number of hydrogen-bond acceptors (Lipinski definition) is 3. The maximum Gasteiger partial charge on any atom is 0.274 e. The van der Waals surface area contributed by atoms with E-state index in [0.29, 0.717) is 5.69 Å². The van der Waals surface area contributed by atoms with Gasteiger partial charge in [0, 0.05) is 5.69 Å². The number of anilines is 2. The van der Waals surface area contributed by atoms with Crippen molar-refractivity contribution in [3.8, 4) is 0 Å². The van der Waals surface area contributed by atoms with Crippen LogP contribution in [0.25, 0.3) is 0 Å². The molecular weight excluding hydrogens is 571 g/mol. The Labute approximate surface area is 247 Å². The van der Waals surface area contributed by atoms with Gasteiger partial charge in [-0.15, -0.1) is 0 Å². The van der Waals surface area contributed by atoms with Crippen molar-refractivity contribution in [2.45, 2.75) is 91.9 Å². The van der Waals surface area contributed by atoms with Crippen LogP contribution in [0.5, 0.6) is 0 Å². The van der Waals surface area contributed by atoms with Gasteiger partial charge in [-0.1, -0.05) is 115 Å². The maximum atomic E-state index is 13.7. The molecule has 1 fully saturated rings. The Morgan fingerprint density at radius 3 is 2.10 bits per heavy atom. The standard InChI is InChI=1S/C18H14BrFN4O2.C7H14.C7H16/c1-10-6-8-11(9-7-10)21-18(26)15-14(19)16(24-23-15)22-17(25)12-4-2-3-5-13(12)20;1-7-5-3-2-4-6-7;1-3-5-7-6-4-2/h2-9H,1H3,(H,21,26)(H2,22,23,24,25);7H,2-6H2,1H3;3-7H2,1-2H3. The van der Waals surface area contributed by atoms with E-state index in [1.165, 1.54) is 82.4 Å². The van der Waals surface area contributed by atoms with Crippen LogP contribution in [0.4, 0.5) is 15.9 Å². The molecule has 0 saturated heterocycles. The Morgan fingerprint density at radius 1 is 0.925 bits per heavy atom. The van der Waals surface area contributed by atoms with Crippen LogP contribution in [0.15, 0.2) is 53.0 Å². The first-order valence-corrected chi connectivity index (χ1v) is 15.2. The van der Waals surface area contributed by atoms with Crippen LogP contribution in [0.1, 0.15) is 111 Å². The number of H-pyrrole nitrogens is 1. The average molecular weight is 616 g/mol. The van der Waals surface area contributed by atoms with Crippen LogP contribution in [-0.2, 0) is 0 Å². The lowest BCUT2D eigenvalue weighted by molar-refractivity contribution is 0.101. The molecule has 1 aliphatic carbocycles. The fourth-order valence-electron chi connectivity index (χ4n) is 4.20. The third-order valence-corrected chi connectivity index (χ3v) is 7.47. The molecule has 3 aromatic rings. The molecule has 1 saturated carbocycles. The van der Waals surface area contributed by atoms with Crippen molar-refractivity contribution in [3.05, 3.63) is 75.6 Å². The Kier molecular flexibility index (Phi) is 15.2. The Bertz CT molecular complexity index is 1170. The molecule has 1 heterocycles. The van der Waals surface area contributed by atoms with Gasteiger partial charge >= 0.3 is 0 Å². The number of unbranched alkanes of at least 4 members (excludes halogenated alkanes) is 4. The molecule has 8 heteroatoms. The van der Waals surface area contributed by atoms with Gasteiger partial charge in [0.25, 0.3) is 11.8 Å². The van der Waals surface area contributed by atoms with Crippen molar-refractivity contribution in [1.82, 2.24) is 10.2 Å². The third-order valence-electron chi connectivity index (χ3n) is 6.69. The van der Waals surface area contributed by atoms with E-state index >= 15 is 0 Å². The Hall–Kier alpha value is -3.00. The largest absolute Gasteiger partial charge is 0.321 e. The van der Waals surface area contributed by atoms with E-state index in [2.05, 4.69) is 57.5 Å². The molecular formula is C32H44BrFN4O2. The number of rotatable bonds is 8. The molecule has 0 aliphatic heterocycles. The minimum atomic E-state index is -0.666. The minimum Gasteiger partial charge on any atom is -0.321 e. The summed E-state index contributed by atoms with van der Waals surface area (Å²) in [7, 11) is 0. The van der Waals surface area contributed by atoms with Gasteiger partial charge in [0.05, 0.1) is 10.0 Å². The number of nitrogens with one attached hydrogen (secondary N) is 3. The van der Waals surface area contributed by atoms with Gasteiger partial charge in [-0.05, 0) is 53.0 Å². The van der Waals surface area contributed by atoms with Crippen LogP contribution in [0.3, 0.4) is 0 Å². The number of hydrogen-bond donors (Lipinski definition) is 3. The number of aromatic nitrogens is 2. The zero-order valence-electron chi connectivity index (χ0n) is 24.3. The lowest BCUT2D eigenvalue weighted by atomic mass is 9.91. The van der Waals surface area contributed by atoms with Crippen molar-refractivity contribution in [2.24, 2.45) is 5.92 Å². The van der Waals surface area contributed by atoms with Gasteiger partial charge < -0.3 is 10.6 Å². The third kappa shape index (κ3) is 11.6. The van der Waals surface area contributed by atoms with E-state index in [0.717, 1.165) is 11.5 Å². The van der Waals surface area contributed by atoms with Crippen LogP contribution < -0.4 is 10.6 Å². The van der Waals surface area contributed by atoms with Gasteiger partial charge in [0.2, 0.25) is 0 Å². The number of halogens is 2. The SMILES string of the molecule is CC1CCCCC1.CCCCCCC.Cc1ccc(NC(=O)c2[nH]nc(NC(=O)c3ccccc3F)c2Br)cc1. The molecule has 40 heavy (non-hydrogen) atoms. The zero-order valence-corrected chi connectivity index (χ0v) is 25.9.